The van der Waals surface area contributed by atoms with Crippen LogP contribution in [0.15, 0.2) is 0 Å². The second-order valence-corrected chi connectivity index (χ2v) is 8.48. The molecule has 154 valence electrons. The summed E-state index contributed by atoms with van der Waals surface area (Å²) >= 11 is 1.78. The predicted octanol–water partition coefficient (Wildman–Crippen LogP) is 1.74. The molecule has 3 atom stereocenters. The molecule has 1 aliphatic heterocycles. The smallest absolute Gasteiger partial charge is 0.328 e. The molecule has 8 heteroatoms. The number of hydrogen-bond donors (Lipinski definition) is 1. The van der Waals surface area contributed by atoms with E-state index in [1.807, 2.05) is 0 Å². The number of carbonyl (C=O) groups is 3. The molecule has 1 saturated carbocycles. The average molecular weight is 401 g/mol. The van der Waals surface area contributed by atoms with E-state index in [9.17, 15) is 14.4 Å². The van der Waals surface area contributed by atoms with E-state index >= 15 is 0 Å². The Labute approximate surface area is 165 Å². The molecule has 0 aromatic carbocycles. The van der Waals surface area contributed by atoms with Gasteiger partial charge in [-0.1, -0.05) is 12.8 Å². The summed E-state index contributed by atoms with van der Waals surface area (Å²) in [6.45, 7) is 4.36. The van der Waals surface area contributed by atoms with Gasteiger partial charge in [0.2, 0.25) is 5.91 Å². The average Bonchev–Trinajstić information content (AvgIpc) is 3.35. The molecule has 0 aromatic heterocycles. The largest absolute Gasteiger partial charge is 0.467 e. The fourth-order valence-corrected chi connectivity index (χ4v) is 5.11. The van der Waals surface area contributed by atoms with Crippen molar-refractivity contribution in [2.75, 3.05) is 26.0 Å². The monoisotopic (exact) mass is 400 g/mol. The first-order valence-corrected chi connectivity index (χ1v) is 10.9. The van der Waals surface area contributed by atoms with Gasteiger partial charge in [-0.25, -0.2) is 4.79 Å². The van der Waals surface area contributed by atoms with Crippen LogP contribution in [0.2, 0.25) is 0 Å². The van der Waals surface area contributed by atoms with E-state index in [-0.39, 0.29) is 17.8 Å². The van der Waals surface area contributed by atoms with E-state index in [4.69, 9.17) is 9.47 Å². The summed E-state index contributed by atoms with van der Waals surface area (Å²) < 4.78 is 10.00. The third-order valence-corrected chi connectivity index (χ3v) is 6.67. The third-order valence-electron chi connectivity index (χ3n) is 5.20. The highest BCUT2D eigenvalue weighted by Gasteiger charge is 2.37. The van der Waals surface area contributed by atoms with Crippen LogP contribution in [0.4, 0.5) is 0 Å². The van der Waals surface area contributed by atoms with Gasteiger partial charge < -0.3 is 14.4 Å². The third kappa shape index (κ3) is 6.10. The molecule has 0 aromatic rings. The second kappa shape index (κ2) is 10.9. The molecule has 1 N–H and O–H groups in total. The molecule has 0 spiro atoms. The molecule has 0 unspecified atom stereocenters. The number of nitrogens with one attached hydrogen (secondary N) is 1. The van der Waals surface area contributed by atoms with Gasteiger partial charge in [0.1, 0.15) is 12.1 Å². The quantitative estimate of drug-likeness (QED) is 0.590. The minimum absolute atomic E-state index is 0.178. The van der Waals surface area contributed by atoms with Gasteiger partial charge in [-0.15, -0.1) is 0 Å². The minimum atomic E-state index is -0.575. The maximum atomic E-state index is 12.8. The Morgan fingerprint density at radius 1 is 1.19 bits per heavy atom. The number of ether oxygens (including phenoxy) is 2. The highest BCUT2D eigenvalue weighted by molar-refractivity contribution is 8.00. The van der Waals surface area contributed by atoms with Crippen molar-refractivity contribution in [3.05, 3.63) is 0 Å². The van der Waals surface area contributed by atoms with Crippen LogP contribution in [0.5, 0.6) is 0 Å². The summed E-state index contributed by atoms with van der Waals surface area (Å²) in [5.74, 6) is -0.301. The second-order valence-electron chi connectivity index (χ2n) is 7.15. The number of hydrogen-bond acceptors (Lipinski definition) is 7. The van der Waals surface area contributed by atoms with Crippen molar-refractivity contribution in [1.82, 2.24) is 10.2 Å². The van der Waals surface area contributed by atoms with Gasteiger partial charge >= 0.3 is 11.9 Å². The SMILES string of the molecule is CCOC(=O)[C@H](CSC1CCCC1)N[C@@H](C)C(=O)N1CCC[C@H]1C(=O)OC. The number of carbonyl (C=O) groups excluding carboxylic acids is 3. The summed E-state index contributed by atoms with van der Waals surface area (Å²) in [5.41, 5.74) is 0. The molecule has 2 aliphatic rings. The Hall–Kier alpha value is -1.28. The molecule has 2 fully saturated rings. The highest BCUT2D eigenvalue weighted by atomic mass is 32.2. The number of esters is 2. The summed E-state index contributed by atoms with van der Waals surface area (Å²) in [7, 11) is 1.34. The Morgan fingerprint density at radius 3 is 2.52 bits per heavy atom. The number of thioether (sulfide) groups is 1. The van der Waals surface area contributed by atoms with E-state index in [0.717, 1.165) is 6.42 Å². The normalized spacial score (nSPS) is 22.5. The summed E-state index contributed by atoms with van der Waals surface area (Å²) in [4.78, 5) is 38.7. The molecular weight excluding hydrogens is 368 g/mol. The van der Waals surface area contributed by atoms with Crippen LogP contribution >= 0.6 is 11.8 Å². The van der Waals surface area contributed by atoms with Crippen molar-refractivity contribution < 1.29 is 23.9 Å². The highest BCUT2D eigenvalue weighted by Crippen LogP contribution is 2.30. The fourth-order valence-electron chi connectivity index (χ4n) is 3.75. The Kier molecular flexibility index (Phi) is 8.89. The lowest BCUT2D eigenvalue weighted by atomic mass is 10.2. The summed E-state index contributed by atoms with van der Waals surface area (Å²) in [6, 6.07) is -1.64. The number of likely N-dealkylation sites (tertiary alicyclic amines) is 1. The van der Waals surface area contributed by atoms with Gasteiger partial charge in [0.15, 0.2) is 0 Å². The van der Waals surface area contributed by atoms with Crippen LogP contribution in [0.25, 0.3) is 0 Å². The molecular formula is C19H32N2O5S. The zero-order valence-electron chi connectivity index (χ0n) is 16.6. The summed E-state index contributed by atoms with van der Waals surface area (Å²) in [5, 5.41) is 3.72. The lowest BCUT2D eigenvalue weighted by molar-refractivity contribution is -0.152. The number of rotatable bonds is 9. The van der Waals surface area contributed by atoms with Crippen molar-refractivity contribution >= 4 is 29.6 Å². The molecule has 1 amide bonds. The zero-order valence-corrected chi connectivity index (χ0v) is 17.4. The van der Waals surface area contributed by atoms with Crippen molar-refractivity contribution in [2.45, 2.75) is 75.7 Å². The van der Waals surface area contributed by atoms with E-state index in [2.05, 4.69) is 5.32 Å². The van der Waals surface area contributed by atoms with E-state index < -0.39 is 18.1 Å². The summed E-state index contributed by atoms with van der Waals surface area (Å²) in [6.07, 6.45) is 6.25. The van der Waals surface area contributed by atoms with Crippen LogP contribution in [0, 0.1) is 0 Å². The standard InChI is InChI=1S/C19H32N2O5S/c1-4-26-18(23)15(12-27-14-8-5-6-9-14)20-13(2)17(22)21-11-7-10-16(21)19(24)25-3/h13-16,20H,4-12H2,1-3H3/t13-,15-,16-/m0/s1. The fraction of sp³-hybridized carbons (Fsp3) is 0.842. The predicted molar refractivity (Wildman–Crippen MR) is 104 cm³/mol. The molecule has 1 saturated heterocycles. The topological polar surface area (TPSA) is 84.9 Å². The first-order chi connectivity index (χ1) is 13.0. The van der Waals surface area contributed by atoms with Crippen LogP contribution in [0.3, 0.4) is 0 Å². The maximum Gasteiger partial charge on any atom is 0.328 e. The minimum Gasteiger partial charge on any atom is -0.467 e. The number of methoxy groups -OCH3 is 1. The van der Waals surface area contributed by atoms with Gasteiger partial charge in [-0.05, 0) is 39.5 Å². The van der Waals surface area contributed by atoms with Crippen molar-refractivity contribution in [2.24, 2.45) is 0 Å². The van der Waals surface area contributed by atoms with Crippen molar-refractivity contribution in [1.29, 1.82) is 0 Å². The van der Waals surface area contributed by atoms with E-state index in [1.165, 1.54) is 32.8 Å². The Balaban J connectivity index is 1.95. The maximum absolute atomic E-state index is 12.8. The first kappa shape index (κ1) is 22.0. The molecule has 0 radical (unpaired) electrons. The first-order valence-electron chi connectivity index (χ1n) is 9.90. The van der Waals surface area contributed by atoms with Gasteiger partial charge in [-0.2, -0.15) is 11.8 Å². The molecule has 2 rings (SSSR count). The van der Waals surface area contributed by atoms with Crippen molar-refractivity contribution in [3.63, 3.8) is 0 Å². The Bertz CT molecular complexity index is 524. The molecule has 7 nitrogen and oxygen atoms in total. The number of amides is 1. The van der Waals surface area contributed by atoms with Gasteiger partial charge in [-0.3, -0.25) is 14.9 Å². The molecule has 0 bridgehead atoms. The zero-order chi connectivity index (χ0) is 19.8. The van der Waals surface area contributed by atoms with E-state index in [1.54, 1.807) is 30.5 Å². The number of nitrogens with zero attached hydrogens (tertiary/aromatic N) is 1. The van der Waals surface area contributed by atoms with Crippen LogP contribution < -0.4 is 5.32 Å². The van der Waals surface area contributed by atoms with Gasteiger partial charge in [0.05, 0.1) is 19.8 Å². The van der Waals surface area contributed by atoms with E-state index in [0.29, 0.717) is 30.6 Å². The molecule has 27 heavy (non-hydrogen) atoms. The van der Waals surface area contributed by atoms with Crippen LogP contribution in [0.1, 0.15) is 52.4 Å². The van der Waals surface area contributed by atoms with Gasteiger partial charge in [0, 0.05) is 17.5 Å². The van der Waals surface area contributed by atoms with Crippen LogP contribution in [-0.2, 0) is 23.9 Å². The Morgan fingerprint density at radius 2 is 1.89 bits per heavy atom. The van der Waals surface area contributed by atoms with Crippen LogP contribution in [-0.4, -0.2) is 72.1 Å². The molecule has 1 heterocycles. The van der Waals surface area contributed by atoms with Gasteiger partial charge in [0.25, 0.3) is 0 Å². The lowest BCUT2D eigenvalue weighted by Gasteiger charge is -2.28. The molecule has 1 aliphatic carbocycles. The lowest BCUT2D eigenvalue weighted by Crippen LogP contribution is -2.54. The van der Waals surface area contributed by atoms with Crippen molar-refractivity contribution in [3.8, 4) is 0 Å².